The van der Waals surface area contributed by atoms with E-state index in [1.165, 1.54) is 12.8 Å². The molecule has 3 heterocycles. The van der Waals surface area contributed by atoms with Crippen molar-refractivity contribution >= 4 is 0 Å². The molecular weight excluding hydrogens is 228 g/mol. The van der Waals surface area contributed by atoms with Gasteiger partial charge in [0, 0.05) is 44.7 Å². The molecule has 3 rings (SSSR count). The highest BCUT2D eigenvalue weighted by Gasteiger charge is 2.30. The molecule has 2 aliphatic heterocycles. The van der Waals surface area contributed by atoms with Gasteiger partial charge in [-0.2, -0.15) is 0 Å². The van der Waals surface area contributed by atoms with Crippen molar-refractivity contribution in [2.24, 2.45) is 11.7 Å². The number of fused-ring (bicyclic) bond motifs is 1. The third-order valence-electron chi connectivity index (χ3n) is 4.22. The van der Waals surface area contributed by atoms with E-state index in [4.69, 9.17) is 10.5 Å². The van der Waals surface area contributed by atoms with Crippen molar-refractivity contribution in [3.05, 3.63) is 18.2 Å². The Morgan fingerprint density at radius 3 is 3.22 bits per heavy atom. The Morgan fingerprint density at radius 2 is 2.44 bits per heavy atom. The number of nitrogens with two attached hydrogens (primary N) is 1. The average Bonchev–Trinajstić information content (AvgIpc) is 2.88. The van der Waals surface area contributed by atoms with Crippen LogP contribution in [0.5, 0.6) is 0 Å². The maximum absolute atomic E-state index is 6.01. The lowest BCUT2D eigenvalue weighted by molar-refractivity contribution is 0.00372. The molecule has 2 unspecified atom stereocenters. The summed E-state index contributed by atoms with van der Waals surface area (Å²) in [6, 6.07) is 0.441. The van der Waals surface area contributed by atoms with E-state index in [1.807, 2.05) is 6.20 Å². The van der Waals surface area contributed by atoms with Gasteiger partial charge in [0.05, 0.1) is 13.2 Å². The SMILES string of the molecule is NCC(C1CCCOC1)N1CCn2ccnc2C1. The molecule has 18 heavy (non-hydrogen) atoms. The van der Waals surface area contributed by atoms with E-state index in [0.29, 0.717) is 18.5 Å². The fourth-order valence-electron chi connectivity index (χ4n) is 3.18. The molecule has 0 amide bonds. The normalized spacial score (nSPS) is 26.8. The van der Waals surface area contributed by atoms with Gasteiger partial charge in [-0.3, -0.25) is 4.90 Å². The summed E-state index contributed by atoms with van der Waals surface area (Å²) in [5.41, 5.74) is 6.01. The minimum Gasteiger partial charge on any atom is -0.381 e. The van der Waals surface area contributed by atoms with Gasteiger partial charge in [-0.15, -0.1) is 0 Å². The number of ether oxygens (including phenoxy) is 1. The second-order valence-corrected chi connectivity index (χ2v) is 5.29. The van der Waals surface area contributed by atoms with Gasteiger partial charge < -0.3 is 15.0 Å². The molecule has 0 aromatic carbocycles. The molecule has 0 spiro atoms. The van der Waals surface area contributed by atoms with Crippen molar-refractivity contribution in [1.29, 1.82) is 0 Å². The first kappa shape index (κ1) is 12.1. The standard InChI is InChI=1S/C13H22N4O/c14-8-12(11-2-1-7-18-10-11)17-6-5-16-4-3-15-13(16)9-17/h3-4,11-12H,1-2,5-10,14H2. The van der Waals surface area contributed by atoms with E-state index < -0.39 is 0 Å². The van der Waals surface area contributed by atoms with Crippen LogP contribution in [-0.2, 0) is 17.8 Å². The summed E-state index contributed by atoms with van der Waals surface area (Å²) in [7, 11) is 0. The van der Waals surface area contributed by atoms with E-state index >= 15 is 0 Å². The van der Waals surface area contributed by atoms with Gasteiger partial charge in [0.1, 0.15) is 5.82 Å². The molecule has 0 aliphatic carbocycles. The summed E-state index contributed by atoms with van der Waals surface area (Å²) < 4.78 is 7.84. The highest BCUT2D eigenvalue weighted by Crippen LogP contribution is 2.24. The van der Waals surface area contributed by atoms with Crippen molar-refractivity contribution in [2.75, 3.05) is 26.3 Å². The van der Waals surface area contributed by atoms with Crippen LogP contribution >= 0.6 is 0 Å². The molecule has 0 bridgehead atoms. The molecule has 5 heteroatoms. The van der Waals surface area contributed by atoms with Gasteiger partial charge in [-0.05, 0) is 18.8 Å². The van der Waals surface area contributed by atoms with Crippen LogP contribution in [0.1, 0.15) is 18.7 Å². The molecule has 2 atom stereocenters. The summed E-state index contributed by atoms with van der Waals surface area (Å²) in [6.45, 7) is 5.52. The van der Waals surface area contributed by atoms with Crippen LogP contribution in [0.15, 0.2) is 12.4 Å². The van der Waals surface area contributed by atoms with Crippen molar-refractivity contribution in [3.63, 3.8) is 0 Å². The summed E-state index contributed by atoms with van der Waals surface area (Å²) in [6.07, 6.45) is 6.37. The Labute approximate surface area is 108 Å². The van der Waals surface area contributed by atoms with Crippen LogP contribution in [0.3, 0.4) is 0 Å². The lowest BCUT2D eigenvalue weighted by atomic mass is 9.92. The third kappa shape index (κ3) is 2.30. The van der Waals surface area contributed by atoms with Crippen LogP contribution in [0.25, 0.3) is 0 Å². The van der Waals surface area contributed by atoms with Gasteiger partial charge in [-0.1, -0.05) is 0 Å². The monoisotopic (exact) mass is 250 g/mol. The van der Waals surface area contributed by atoms with Gasteiger partial charge in [0.15, 0.2) is 0 Å². The number of rotatable bonds is 3. The minimum absolute atomic E-state index is 0.441. The van der Waals surface area contributed by atoms with Gasteiger partial charge in [0.25, 0.3) is 0 Å². The van der Waals surface area contributed by atoms with E-state index in [-0.39, 0.29) is 0 Å². The zero-order valence-electron chi connectivity index (χ0n) is 10.8. The Bertz CT molecular complexity index is 386. The lowest BCUT2D eigenvalue weighted by Gasteiger charge is -2.39. The highest BCUT2D eigenvalue weighted by molar-refractivity contribution is 4.97. The number of nitrogens with zero attached hydrogens (tertiary/aromatic N) is 3. The first-order valence-corrected chi connectivity index (χ1v) is 6.90. The van der Waals surface area contributed by atoms with E-state index in [0.717, 1.165) is 38.7 Å². The maximum atomic E-state index is 6.01. The molecule has 2 N–H and O–H groups in total. The summed E-state index contributed by atoms with van der Waals surface area (Å²) in [5.74, 6) is 1.75. The Morgan fingerprint density at radius 1 is 1.50 bits per heavy atom. The molecule has 100 valence electrons. The molecule has 0 saturated carbocycles. The number of imidazole rings is 1. The number of aromatic nitrogens is 2. The zero-order valence-corrected chi connectivity index (χ0v) is 10.8. The predicted octanol–water partition coefficient (Wildman–Crippen LogP) is 0.453. The predicted molar refractivity (Wildman–Crippen MR) is 69.0 cm³/mol. The van der Waals surface area contributed by atoms with Crippen LogP contribution in [0.4, 0.5) is 0 Å². The quantitative estimate of drug-likeness (QED) is 0.846. The zero-order chi connectivity index (χ0) is 12.4. The molecule has 5 nitrogen and oxygen atoms in total. The maximum Gasteiger partial charge on any atom is 0.122 e. The Balaban J connectivity index is 1.69. The number of hydrogen-bond acceptors (Lipinski definition) is 4. The van der Waals surface area contributed by atoms with Crippen LogP contribution in [0.2, 0.25) is 0 Å². The van der Waals surface area contributed by atoms with Gasteiger partial charge in [-0.25, -0.2) is 4.98 Å². The van der Waals surface area contributed by atoms with Crippen LogP contribution in [-0.4, -0.2) is 46.8 Å². The molecule has 1 aromatic rings. The number of hydrogen-bond donors (Lipinski definition) is 1. The Kier molecular flexibility index (Phi) is 3.63. The second-order valence-electron chi connectivity index (χ2n) is 5.29. The third-order valence-corrected chi connectivity index (χ3v) is 4.22. The fourth-order valence-corrected chi connectivity index (χ4v) is 3.18. The fraction of sp³-hybridized carbons (Fsp3) is 0.769. The van der Waals surface area contributed by atoms with E-state index in [2.05, 4.69) is 20.6 Å². The van der Waals surface area contributed by atoms with Gasteiger partial charge in [0.2, 0.25) is 0 Å². The highest BCUT2D eigenvalue weighted by atomic mass is 16.5. The van der Waals surface area contributed by atoms with Crippen molar-refractivity contribution in [2.45, 2.75) is 32.0 Å². The van der Waals surface area contributed by atoms with Crippen molar-refractivity contribution in [3.8, 4) is 0 Å². The Hall–Kier alpha value is -0.910. The van der Waals surface area contributed by atoms with E-state index in [9.17, 15) is 0 Å². The van der Waals surface area contributed by atoms with Crippen molar-refractivity contribution < 1.29 is 4.74 Å². The van der Waals surface area contributed by atoms with Crippen molar-refractivity contribution in [1.82, 2.24) is 14.5 Å². The molecule has 0 radical (unpaired) electrons. The molecule has 1 saturated heterocycles. The van der Waals surface area contributed by atoms with Crippen LogP contribution in [0, 0.1) is 5.92 Å². The molecule has 1 fully saturated rings. The van der Waals surface area contributed by atoms with E-state index in [1.54, 1.807) is 0 Å². The molecule has 1 aromatic heterocycles. The molecule has 2 aliphatic rings. The topological polar surface area (TPSA) is 56.3 Å². The lowest BCUT2D eigenvalue weighted by Crippen LogP contribution is -2.50. The summed E-state index contributed by atoms with van der Waals surface area (Å²) in [4.78, 5) is 6.91. The minimum atomic E-state index is 0.441. The summed E-state index contributed by atoms with van der Waals surface area (Å²) >= 11 is 0. The average molecular weight is 250 g/mol. The first-order valence-electron chi connectivity index (χ1n) is 6.90. The van der Waals surface area contributed by atoms with Gasteiger partial charge >= 0.3 is 0 Å². The summed E-state index contributed by atoms with van der Waals surface area (Å²) in [5, 5.41) is 0. The second kappa shape index (κ2) is 5.38. The van der Waals surface area contributed by atoms with Crippen LogP contribution < -0.4 is 5.73 Å². The smallest absolute Gasteiger partial charge is 0.122 e. The largest absolute Gasteiger partial charge is 0.381 e. The molecular formula is C13H22N4O. The first-order chi connectivity index (χ1) is 8.88.